The maximum atomic E-state index is 13.4. The van der Waals surface area contributed by atoms with Gasteiger partial charge in [0.05, 0.1) is 18.8 Å². The van der Waals surface area contributed by atoms with Gasteiger partial charge in [0, 0.05) is 31.7 Å². The Labute approximate surface area is 139 Å². The number of carbonyl (C=O) groups excluding carboxylic acids is 1. The van der Waals surface area contributed by atoms with Crippen molar-refractivity contribution in [3.8, 4) is 0 Å². The van der Waals surface area contributed by atoms with E-state index in [0.717, 1.165) is 6.07 Å². The number of benzene rings is 1. The molecule has 1 aliphatic rings. The average Bonchev–Trinajstić information content (AvgIpc) is 2.58. The summed E-state index contributed by atoms with van der Waals surface area (Å²) in [6.45, 7) is 5.50. The first-order chi connectivity index (χ1) is 11.4. The van der Waals surface area contributed by atoms with Gasteiger partial charge in [0.2, 0.25) is 5.91 Å². The topological polar surface area (TPSA) is 41.6 Å². The molecule has 2 rings (SSSR count). The van der Waals surface area contributed by atoms with Gasteiger partial charge in [-0.05, 0) is 24.1 Å². The summed E-state index contributed by atoms with van der Waals surface area (Å²) in [5.74, 6) is -0.291. The number of allylic oxidation sites excluding steroid dienone is 1. The molecule has 0 atom stereocenters. The maximum Gasteiger partial charge on any atom is 0.416 e. The Morgan fingerprint density at radius 1 is 1.33 bits per heavy atom. The van der Waals surface area contributed by atoms with Crippen molar-refractivity contribution in [2.75, 3.05) is 31.2 Å². The number of rotatable bonds is 6. The molecule has 1 N–H and O–H groups in total. The quantitative estimate of drug-likeness (QED) is 0.808. The molecule has 0 spiro atoms. The van der Waals surface area contributed by atoms with Crippen LogP contribution >= 0.6 is 0 Å². The zero-order valence-corrected chi connectivity index (χ0v) is 13.4. The fourth-order valence-corrected chi connectivity index (χ4v) is 2.52. The Morgan fingerprint density at radius 3 is 2.67 bits per heavy atom. The van der Waals surface area contributed by atoms with Crippen molar-refractivity contribution in [2.24, 2.45) is 0 Å². The van der Waals surface area contributed by atoms with Gasteiger partial charge in [0.15, 0.2) is 0 Å². The lowest BCUT2D eigenvalue weighted by Gasteiger charge is -2.29. The van der Waals surface area contributed by atoms with Crippen molar-refractivity contribution in [1.82, 2.24) is 5.32 Å². The van der Waals surface area contributed by atoms with Crippen molar-refractivity contribution in [3.63, 3.8) is 0 Å². The Hall–Kier alpha value is -2.02. The highest BCUT2D eigenvalue weighted by atomic mass is 19.4. The van der Waals surface area contributed by atoms with Crippen LogP contribution in [0.5, 0.6) is 0 Å². The zero-order chi connectivity index (χ0) is 17.6. The van der Waals surface area contributed by atoms with Crippen LogP contribution < -0.4 is 10.2 Å². The molecule has 4 nitrogen and oxygen atoms in total. The maximum absolute atomic E-state index is 13.4. The van der Waals surface area contributed by atoms with Crippen LogP contribution in [0.15, 0.2) is 30.9 Å². The molecular formula is C17H21F3N2O2. The molecule has 0 bridgehead atoms. The molecule has 0 aliphatic carbocycles. The zero-order valence-electron chi connectivity index (χ0n) is 13.4. The number of hydrogen-bond acceptors (Lipinski definition) is 3. The van der Waals surface area contributed by atoms with Crippen LogP contribution in [0.25, 0.3) is 0 Å². The summed E-state index contributed by atoms with van der Waals surface area (Å²) in [4.78, 5) is 13.5. The number of anilines is 1. The second-order valence-corrected chi connectivity index (χ2v) is 5.54. The molecule has 7 heteroatoms. The molecule has 1 heterocycles. The van der Waals surface area contributed by atoms with E-state index in [2.05, 4.69) is 11.9 Å². The first kappa shape index (κ1) is 18.3. The predicted octanol–water partition coefficient (Wildman–Crippen LogP) is 3.12. The van der Waals surface area contributed by atoms with Crippen LogP contribution in [-0.2, 0) is 22.3 Å². The summed E-state index contributed by atoms with van der Waals surface area (Å²) in [6.07, 6.45) is -2.16. The third-order valence-corrected chi connectivity index (χ3v) is 3.83. The van der Waals surface area contributed by atoms with E-state index < -0.39 is 11.7 Å². The van der Waals surface area contributed by atoms with E-state index in [9.17, 15) is 18.0 Å². The van der Waals surface area contributed by atoms with E-state index in [1.165, 1.54) is 6.07 Å². The summed E-state index contributed by atoms with van der Waals surface area (Å²) < 4.78 is 45.3. The lowest BCUT2D eigenvalue weighted by atomic mass is 10.0. The Bertz CT molecular complexity index is 582. The summed E-state index contributed by atoms with van der Waals surface area (Å²) in [6, 6.07) is 4.24. The van der Waals surface area contributed by atoms with E-state index in [1.54, 1.807) is 12.1 Å². The minimum absolute atomic E-state index is 0.0615. The smallest absolute Gasteiger partial charge is 0.378 e. The van der Waals surface area contributed by atoms with Crippen molar-refractivity contribution < 1.29 is 22.7 Å². The Kier molecular flexibility index (Phi) is 6.25. The van der Waals surface area contributed by atoms with Gasteiger partial charge in [-0.2, -0.15) is 13.2 Å². The molecule has 0 aromatic heterocycles. The minimum atomic E-state index is -4.47. The number of ether oxygens (including phenoxy) is 1. The lowest BCUT2D eigenvalue weighted by Crippen LogP contribution is -2.36. The van der Waals surface area contributed by atoms with E-state index in [0.29, 0.717) is 38.4 Å². The van der Waals surface area contributed by atoms with E-state index >= 15 is 0 Å². The van der Waals surface area contributed by atoms with Gasteiger partial charge >= 0.3 is 6.18 Å². The fraction of sp³-hybridized carbons (Fsp3) is 0.471. The largest absolute Gasteiger partial charge is 0.416 e. The van der Waals surface area contributed by atoms with Crippen LogP contribution in [0.2, 0.25) is 0 Å². The van der Waals surface area contributed by atoms with Crippen molar-refractivity contribution >= 4 is 11.6 Å². The van der Waals surface area contributed by atoms with Crippen molar-refractivity contribution in [2.45, 2.75) is 25.6 Å². The first-order valence-corrected chi connectivity index (χ1v) is 7.82. The average molecular weight is 342 g/mol. The van der Waals surface area contributed by atoms with Gasteiger partial charge in [0.1, 0.15) is 0 Å². The molecule has 1 amide bonds. The highest BCUT2D eigenvalue weighted by Crippen LogP contribution is 2.35. The number of carbonyl (C=O) groups is 1. The summed E-state index contributed by atoms with van der Waals surface area (Å²) in [7, 11) is 0. The number of nitrogens with zero attached hydrogens (tertiary/aromatic N) is 1. The summed E-state index contributed by atoms with van der Waals surface area (Å²) in [5.41, 5.74) is -0.130. The van der Waals surface area contributed by atoms with Gasteiger partial charge in [-0.1, -0.05) is 12.1 Å². The van der Waals surface area contributed by atoms with Gasteiger partial charge < -0.3 is 15.0 Å². The molecule has 1 aromatic carbocycles. The molecule has 0 radical (unpaired) electrons. The molecule has 1 saturated heterocycles. The fourth-order valence-electron chi connectivity index (χ4n) is 2.52. The monoisotopic (exact) mass is 342 g/mol. The molecule has 24 heavy (non-hydrogen) atoms. The SMILES string of the molecule is C=CCCC(=O)NCc1ccc(N2CCOCC2)cc1C(F)(F)F. The first-order valence-electron chi connectivity index (χ1n) is 7.82. The van der Waals surface area contributed by atoms with E-state index in [-0.39, 0.29) is 24.4 Å². The van der Waals surface area contributed by atoms with Gasteiger partial charge in [-0.25, -0.2) is 0 Å². The standard InChI is InChI=1S/C17H21F3N2O2/c1-2-3-4-16(23)21-12-13-5-6-14(11-15(13)17(18,19)20)22-7-9-24-10-8-22/h2,5-6,11H,1,3-4,7-10,12H2,(H,21,23). The highest BCUT2D eigenvalue weighted by molar-refractivity contribution is 5.76. The third-order valence-electron chi connectivity index (χ3n) is 3.83. The molecule has 1 fully saturated rings. The van der Waals surface area contributed by atoms with Crippen LogP contribution in [0.1, 0.15) is 24.0 Å². The Morgan fingerprint density at radius 2 is 2.04 bits per heavy atom. The highest BCUT2D eigenvalue weighted by Gasteiger charge is 2.34. The third kappa shape index (κ3) is 4.99. The predicted molar refractivity (Wildman–Crippen MR) is 85.8 cm³/mol. The van der Waals surface area contributed by atoms with Gasteiger partial charge in [0.25, 0.3) is 0 Å². The second-order valence-electron chi connectivity index (χ2n) is 5.54. The number of halogens is 3. The van der Waals surface area contributed by atoms with Crippen molar-refractivity contribution in [3.05, 3.63) is 42.0 Å². The Balaban J connectivity index is 2.14. The number of hydrogen-bond donors (Lipinski definition) is 1. The normalized spacial score (nSPS) is 15.2. The lowest BCUT2D eigenvalue weighted by molar-refractivity contribution is -0.138. The summed E-state index contributed by atoms with van der Waals surface area (Å²) >= 11 is 0. The number of nitrogens with one attached hydrogen (secondary N) is 1. The molecule has 132 valence electrons. The molecular weight excluding hydrogens is 321 g/mol. The molecule has 1 aliphatic heterocycles. The molecule has 1 aromatic rings. The van der Waals surface area contributed by atoms with E-state index in [1.807, 2.05) is 4.90 Å². The summed E-state index contributed by atoms with van der Waals surface area (Å²) in [5, 5.41) is 2.52. The van der Waals surface area contributed by atoms with E-state index in [4.69, 9.17) is 4.74 Å². The number of amides is 1. The van der Waals surface area contributed by atoms with Crippen LogP contribution in [0.3, 0.4) is 0 Å². The van der Waals surface area contributed by atoms with Crippen LogP contribution in [-0.4, -0.2) is 32.2 Å². The minimum Gasteiger partial charge on any atom is -0.378 e. The molecule has 0 saturated carbocycles. The van der Waals surface area contributed by atoms with Gasteiger partial charge in [-0.15, -0.1) is 6.58 Å². The van der Waals surface area contributed by atoms with Crippen molar-refractivity contribution in [1.29, 1.82) is 0 Å². The second kappa shape index (κ2) is 8.19. The number of alkyl halides is 3. The van der Waals surface area contributed by atoms with Crippen LogP contribution in [0, 0.1) is 0 Å². The number of morpholine rings is 1. The molecule has 0 unspecified atom stereocenters. The van der Waals surface area contributed by atoms with Gasteiger partial charge in [-0.3, -0.25) is 4.79 Å². The van der Waals surface area contributed by atoms with Crippen LogP contribution in [0.4, 0.5) is 18.9 Å².